The maximum absolute atomic E-state index is 9.94. The first kappa shape index (κ1) is 11.7. The Morgan fingerprint density at radius 1 is 0.553 bits per heavy atom. The highest BCUT2D eigenvalue weighted by Gasteiger charge is 2.35. The summed E-state index contributed by atoms with van der Waals surface area (Å²) in [6.07, 6.45) is 0. The normalized spacial score (nSPS) is 23.7. The molecule has 9 aromatic rings. The summed E-state index contributed by atoms with van der Waals surface area (Å²) in [5, 5.41) is -5.17. The van der Waals surface area contributed by atoms with Gasteiger partial charge in [-0.05, 0) is 101 Å². The topological polar surface area (TPSA) is 13.1 Å². The van der Waals surface area contributed by atoms with Crippen molar-refractivity contribution < 1.29 is 40.1 Å². The molecule has 47 heavy (non-hydrogen) atoms. The molecule has 1 nitrogen and oxygen atoms in total. The second-order valence-electron chi connectivity index (χ2n) is 11.1. The first-order chi connectivity index (χ1) is 33.8. The quantitative estimate of drug-likeness (QED) is 0.170. The van der Waals surface area contributed by atoms with Crippen LogP contribution in [-0.2, 0) is 5.41 Å². The average molecular weight is 647 g/mol. The van der Waals surface area contributed by atoms with Crippen molar-refractivity contribution in [3.8, 4) is 33.4 Å². The summed E-state index contributed by atoms with van der Waals surface area (Å²) in [6, 6.07) is -19.9. The lowest BCUT2D eigenvalue weighted by molar-refractivity contribution is 0.660. The minimum absolute atomic E-state index is 0.398. The lowest BCUT2D eigenvalue weighted by atomic mass is 9.80. The Labute approximate surface area is 314 Å². The number of furan rings is 1. The van der Waals surface area contributed by atoms with E-state index in [-0.39, 0.29) is 0 Å². The van der Waals surface area contributed by atoms with Gasteiger partial charge < -0.3 is 4.42 Å². The van der Waals surface area contributed by atoms with E-state index in [1.165, 1.54) is 0 Å². The first-order valence-corrected chi connectivity index (χ1v) is 14.5. The van der Waals surface area contributed by atoms with Gasteiger partial charge in [-0.1, -0.05) is 134 Å². The van der Waals surface area contributed by atoms with Crippen LogP contribution in [0.25, 0.3) is 87.6 Å². The van der Waals surface area contributed by atoms with E-state index in [4.69, 9.17) is 38.0 Å². The first-order valence-electron chi connectivity index (χ1n) is 27.1. The van der Waals surface area contributed by atoms with Gasteiger partial charge in [-0.3, -0.25) is 0 Å². The predicted molar refractivity (Wildman–Crippen MR) is 200 cm³/mol. The molecule has 0 N–H and O–H groups in total. The van der Waals surface area contributed by atoms with E-state index in [9.17, 15) is 13.7 Å². The molecule has 0 amide bonds. The van der Waals surface area contributed by atoms with Crippen molar-refractivity contribution in [1.29, 1.82) is 0 Å². The SMILES string of the molecule is [2H]c1c([2H])c([2H])c2c(c1[2H])-c1c([2H])c([2H])c(-c3c4c([2H])c([2H])c([2H])c([2H])c4c(-c4c([2H])c([2H])c5oc6c([2H])c7c([2H])c([2H])c([2H])c([2H])c7c([2H])c6c5c4Cl)c4c([2H])c([2H])c([2H])c([2H])c34)c([2H])c1C2(C)C([2H])([2H])[2H]. The summed E-state index contributed by atoms with van der Waals surface area (Å²) in [5.41, 5.74) is -8.65. The minimum Gasteiger partial charge on any atom is -0.456 e. The van der Waals surface area contributed by atoms with Crippen molar-refractivity contribution in [2.24, 2.45) is 0 Å². The molecule has 0 spiro atoms. The highest BCUT2D eigenvalue weighted by molar-refractivity contribution is 6.41. The smallest absolute Gasteiger partial charge is 0.136 e. The zero-order chi connectivity index (χ0) is 54.0. The second kappa shape index (κ2) is 9.58. The summed E-state index contributed by atoms with van der Waals surface area (Å²) in [4.78, 5) is 0. The molecule has 2 heteroatoms. The third kappa shape index (κ3) is 3.66. The van der Waals surface area contributed by atoms with E-state index in [2.05, 4.69) is 0 Å². The van der Waals surface area contributed by atoms with Gasteiger partial charge in [0.25, 0.3) is 0 Å². The molecule has 1 atom stereocenters. The van der Waals surface area contributed by atoms with Crippen LogP contribution in [0.2, 0.25) is 5.02 Å². The Morgan fingerprint density at radius 3 is 1.87 bits per heavy atom. The van der Waals surface area contributed by atoms with Gasteiger partial charge in [-0.2, -0.15) is 0 Å². The molecule has 1 unspecified atom stereocenters. The maximum Gasteiger partial charge on any atom is 0.136 e. The number of fused-ring (bicyclic) bond motifs is 9. The standard InChI is InChI=1S/C45H29ClO/c1-45(2)37-18-10-9-13-29(37)30-20-19-28(24-38(30)45)41-31-14-5-7-16-33(31)42(34-17-8-6-15-32(34)41)35-21-22-39-43(44(35)46)36-23-26-11-3-4-12-27(26)25-40(36)47-39/h3-25H,1-2H3/i1D3,3D,4D,5D,6D,7D,8D,9D,10D,11D,12D,13D,14D,15D,16D,17D,18D,19D,20D,21D,22D,23D,24D,25D. The summed E-state index contributed by atoms with van der Waals surface area (Å²) < 4.78 is 241. The number of benzene rings is 8. The van der Waals surface area contributed by atoms with E-state index in [1.54, 1.807) is 0 Å². The van der Waals surface area contributed by atoms with Crippen molar-refractivity contribution in [3.63, 3.8) is 0 Å². The van der Waals surface area contributed by atoms with Crippen molar-refractivity contribution in [3.05, 3.63) is 155 Å². The molecule has 0 bridgehead atoms. The summed E-state index contributed by atoms with van der Waals surface area (Å²) in [5.74, 6) is 0. The fourth-order valence-corrected chi connectivity index (χ4v) is 6.69. The van der Waals surface area contributed by atoms with Crippen LogP contribution in [-0.4, -0.2) is 0 Å². The van der Waals surface area contributed by atoms with Crippen LogP contribution in [0.15, 0.2) is 143 Å². The molecule has 1 aliphatic rings. The number of halogens is 1. The number of hydrogen-bond acceptors (Lipinski definition) is 1. The Kier molecular flexibility index (Phi) is 2.38. The van der Waals surface area contributed by atoms with Gasteiger partial charge in [0.05, 0.1) is 36.6 Å². The zero-order valence-electron chi connectivity index (χ0n) is 49.8. The lowest BCUT2D eigenvalue weighted by Crippen LogP contribution is -2.14. The molecule has 10 rings (SSSR count). The molecular formula is C45H29ClO. The molecule has 1 aliphatic carbocycles. The van der Waals surface area contributed by atoms with Crippen LogP contribution in [0.3, 0.4) is 0 Å². The van der Waals surface area contributed by atoms with Gasteiger partial charge in [0.15, 0.2) is 0 Å². The molecular weight excluding hydrogens is 592 g/mol. The van der Waals surface area contributed by atoms with Gasteiger partial charge in [-0.15, -0.1) is 0 Å². The van der Waals surface area contributed by atoms with Crippen LogP contribution in [0.1, 0.15) is 60.5 Å². The Balaban J connectivity index is 1.49. The molecule has 0 radical (unpaired) electrons. The van der Waals surface area contributed by atoms with E-state index in [0.717, 1.165) is 6.92 Å². The molecule has 0 saturated carbocycles. The predicted octanol–water partition coefficient (Wildman–Crippen LogP) is 13.3. The third-order valence-electron chi connectivity index (χ3n) is 8.45. The van der Waals surface area contributed by atoms with Gasteiger partial charge in [-0.25, -0.2) is 0 Å². The van der Waals surface area contributed by atoms with Gasteiger partial charge in [0, 0.05) is 25.9 Å². The van der Waals surface area contributed by atoms with Gasteiger partial charge >= 0.3 is 0 Å². The second-order valence-corrected chi connectivity index (χ2v) is 11.5. The van der Waals surface area contributed by atoms with E-state index < -0.39 is 255 Å². The van der Waals surface area contributed by atoms with Crippen molar-refractivity contribution in [2.75, 3.05) is 0 Å². The Hall–Kier alpha value is -5.37. The van der Waals surface area contributed by atoms with E-state index in [0.29, 0.717) is 0 Å². The molecule has 0 aliphatic heterocycles. The number of hydrogen-bond donors (Lipinski definition) is 0. The van der Waals surface area contributed by atoms with Crippen LogP contribution in [0.5, 0.6) is 0 Å². The summed E-state index contributed by atoms with van der Waals surface area (Å²) in [7, 11) is 0. The molecule has 8 aromatic carbocycles. The molecule has 1 aromatic heterocycles. The maximum atomic E-state index is 9.94. The van der Waals surface area contributed by atoms with Crippen molar-refractivity contribution in [2.45, 2.75) is 19.2 Å². The molecule has 222 valence electrons. The fourth-order valence-electron chi connectivity index (χ4n) is 6.36. The van der Waals surface area contributed by atoms with Crippen molar-refractivity contribution >= 4 is 65.9 Å². The highest BCUT2D eigenvalue weighted by atomic mass is 35.5. The van der Waals surface area contributed by atoms with Crippen LogP contribution < -0.4 is 0 Å². The van der Waals surface area contributed by atoms with Gasteiger partial charge in [0.2, 0.25) is 0 Å². The van der Waals surface area contributed by atoms with E-state index >= 15 is 0 Å². The van der Waals surface area contributed by atoms with E-state index in [1.807, 2.05) is 0 Å². The summed E-state index contributed by atoms with van der Waals surface area (Å²) >= 11 is 7.32. The van der Waals surface area contributed by atoms with Crippen molar-refractivity contribution in [1.82, 2.24) is 0 Å². The van der Waals surface area contributed by atoms with Crippen LogP contribution in [0, 0.1) is 0 Å². The fraction of sp³-hybridized carbons (Fsp3) is 0.0667. The molecule has 1 heterocycles. The largest absolute Gasteiger partial charge is 0.456 e. The average Bonchev–Trinajstić information content (AvgIpc) is 3.89. The van der Waals surface area contributed by atoms with Crippen LogP contribution in [0.4, 0.5) is 0 Å². The zero-order valence-corrected chi connectivity index (χ0v) is 24.5. The Bertz CT molecular complexity index is 4110. The van der Waals surface area contributed by atoms with Crippen LogP contribution >= 0.6 is 11.6 Å². The summed E-state index contributed by atoms with van der Waals surface area (Å²) in [6.45, 7) is -2.23. The third-order valence-corrected chi connectivity index (χ3v) is 8.83. The Morgan fingerprint density at radius 2 is 1.15 bits per heavy atom. The monoisotopic (exact) mass is 646 g/mol. The highest BCUT2D eigenvalue weighted by Crippen LogP contribution is 2.52. The minimum atomic E-state index is -3.29. The number of rotatable bonds is 2. The lowest BCUT2D eigenvalue weighted by Gasteiger charge is -2.23. The molecule has 0 saturated heterocycles. The molecule has 0 fully saturated rings. The van der Waals surface area contributed by atoms with Gasteiger partial charge in [0.1, 0.15) is 11.2 Å².